The molecular weight excluding hydrogens is 176 g/mol. The van der Waals surface area contributed by atoms with Crippen molar-refractivity contribution in [3.8, 4) is 0 Å². The van der Waals surface area contributed by atoms with Crippen LogP contribution < -0.4 is 5.73 Å². The molecule has 1 heterocycles. The van der Waals surface area contributed by atoms with Crippen LogP contribution in [-0.2, 0) is 6.42 Å². The maximum absolute atomic E-state index is 6.97. The lowest BCUT2D eigenvalue weighted by Crippen LogP contribution is -2.04. The molecule has 0 unspecified atom stereocenters. The van der Waals surface area contributed by atoms with E-state index in [1.165, 1.54) is 16.6 Å². The Bertz CT molecular complexity index is 218. The second-order valence-electron chi connectivity index (χ2n) is 2.04. The molecule has 0 bridgehead atoms. The van der Waals surface area contributed by atoms with Crippen LogP contribution in [0, 0.1) is 5.41 Å². The third-order valence-electron chi connectivity index (χ3n) is 1.19. The first-order valence-corrected chi connectivity index (χ1v) is 5.15. The standard InChI is InChI=1S/C7H10N2S2/c8-7(9)11-5-3-6-2-1-4-10-6/h1-2,4H,3,5H2,(H3,8,9). The van der Waals surface area contributed by atoms with Crippen molar-refractivity contribution in [2.45, 2.75) is 6.42 Å². The van der Waals surface area contributed by atoms with Crippen LogP contribution in [0.4, 0.5) is 0 Å². The van der Waals surface area contributed by atoms with Crippen molar-refractivity contribution in [1.82, 2.24) is 0 Å². The number of amidine groups is 1. The molecule has 0 fully saturated rings. The highest BCUT2D eigenvalue weighted by Gasteiger charge is 1.94. The zero-order valence-electron chi connectivity index (χ0n) is 6.04. The molecule has 1 rings (SSSR count). The van der Waals surface area contributed by atoms with E-state index in [1.807, 2.05) is 6.07 Å². The van der Waals surface area contributed by atoms with Gasteiger partial charge in [0.15, 0.2) is 5.17 Å². The van der Waals surface area contributed by atoms with Gasteiger partial charge >= 0.3 is 0 Å². The zero-order valence-corrected chi connectivity index (χ0v) is 7.67. The third-order valence-corrected chi connectivity index (χ3v) is 2.84. The molecule has 0 saturated heterocycles. The Labute approximate surface area is 74.3 Å². The largest absolute Gasteiger partial charge is 0.379 e. The van der Waals surface area contributed by atoms with Crippen molar-refractivity contribution in [2.75, 3.05) is 5.75 Å². The monoisotopic (exact) mass is 186 g/mol. The number of thiophene rings is 1. The highest BCUT2D eigenvalue weighted by molar-refractivity contribution is 8.13. The van der Waals surface area contributed by atoms with E-state index >= 15 is 0 Å². The van der Waals surface area contributed by atoms with Gasteiger partial charge < -0.3 is 5.73 Å². The zero-order chi connectivity index (χ0) is 8.10. The van der Waals surface area contributed by atoms with Crippen molar-refractivity contribution >= 4 is 28.3 Å². The van der Waals surface area contributed by atoms with E-state index in [-0.39, 0.29) is 5.17 Å². The Morgan fingerprint density at radius 1 is 1.73 bits per heavy atom. The van der Waals surface area contributed by atoms with Crippen LogP contribution >= 0.6 is 23.1 Å². The van der Waals surface area contributed by atoms with Gasteiger partial charge in [-0.3, -0.25) is 5.41 Å². The van der Waals surface area contributed by atoms with Gasteiger partial charge in [-0.25, -0.2) is 0 Å². The van der Waals surface area contributed by atoms with Crippen LogP contribution in [0.1, 0.15) is 4.88 Å². The predicted octanol–water partition coefficient (Wildman–Crippen LogP) is 1.92. The average molecular weight is 186 g/mol. The minimum Gasteiger partial charge on any atom is -0.379 e. The maximum atomic E-state index is 6.97. The minimum absolute atomic E-state index is 0.210. The van der Waals surface area contributed by atoms with Gasteiger partial charge in [0, 0.05) is 10.6 Å². The van der Waals surface area contributed by atoms with Crippen LogP contribution in [0.15, 0.2) is 17.5 Å². The van der Waals surface area contributed by atoms with Crippen LogP contribution in [0.3, 0.4) is 0 Å². The number of aryl methyl sites for hydroxylation is 1. The second kappa shape index (κ2) is 4.41. The lowest BCUT2D eigenvalue weighted by molar-refractivity contribution is 1.21. The molecule has 4 heteroatoms. The summed E-state index contributed by atoms with van der Waals surface area (Å²) in [5.41, 5.74) is 5.18. The SMILES string of the molecule is N=C(N)SCCc1cccs1. The minimum atomic E-state index is 0.210. The van der Waals surface area contributed by atoms with E-state index < -0.39 is 0 Å². The summed E-state index contributed by atoms with van der Waals surface area (Å²) in [5, 5.41) is 9.24. The van der Waals surface area contributed by atoms with Gasteiger partial charge in [-0.2, -0.15) is 0 Å². The number of thioether (sulfide) groups is 1. The van der Waals surface area contributed by atoms with Crippen LogP contribution in [0.5, 0.6) is 0 Å². The van der Waals surface area contributed by atoms with E-state index in [0.717, 1.165) is 12.2 Å². The lowest BCUT2D eigenvalue weighted by Gasteiger charge is -1.95. The molecule has 11 heavy (non-hydrogen) atoms. The van der Waals surface area contributed by atoms with Gasteiger partial charge in [0.25, 0.3) is 0 Å². The molecular formula is C7H10N2S2. The fourth-order valence-corrected chi connectivity index (χ4v) is 2.10. The Kier molecular flexibility index (Phi) is 3.45. The first-order valence-electron chi connectivity index (χ1n) is 3.28. The van der Waals surface area contributed by atoms with Gasteiger partial charge in [0.1, 0.15) is 0 Å². The molecule has 0 aliphatic heterocycles. The lowest BCUT2D eigenvalue weighted by atomic mass is 10.4. The third kappa shape index (κ3) is 3.43. The molecule has 0 aliphatic rings. The fraction of sp³-hybridized carbons (Fsp3) is 0.286. The molecule has 1 aromatic heterocycles. The van der Waals surface area contributed by atoms with E-state index in [0.29, 0.717) is 0 Å². The fourth-order valence-electron chi connectivity index (χ4n) is 0.716. The molecule has 0 atom stereocenters. The first-order chi connectivity index (χ1) is 5.29. The number of nitrogens with one attached hydrogen (secondary N) is 1. The normalized spacial score (nSPS) is 9.82. The highest BCUT2D eigenvalue weighted by atomic mass is 32.2. The Morgan fingerprint density at radius 2 is 2.55 bits per heavy atom. The van der Waals surface area contributed by atoms with Gasteiger partial charge in [-0.1, -0.05) is 17.8 Å². The Morgan fingerprint density at radius 3 is 3.09 bits per heavy atom. The Hall–Kier alpha value is -0.480. The number of rotatable bonds is 3. The summed E-state index contributed by atoms with van der Waals surface area (Å²) in [5.74, 6) is 0.913. The van der Waals surface area contributed by atoms with Crippen molar-refractivity contribution in [1.29, 1.82) is 5.41 Å². The van der Waals surface area contributed by atoms with Crippen LogP contribution in [-0.4, -0.2) is 10.9 Å². The van der Waals surface area contributed by atoms with Crippen LogP contribution in [0.2, 0.25) is 0 Å². The summed E-state index contributed by atoms with van der Waals surface area (Å²) < 4.78 is 0. The van der Waals surface area contributed by atoms with Crippen LogP contribution in [0.25, 0.3) is 0 Å². The molecule has 0 radical (unpaired) electrons. The smallest absolute Gasteiger partial charge is 0.151 e. The van der Waals surface area contributed by atoms with E-state index in [9.17, 15) is 0 Å². The molecule has 0 amide bonds. The van der Waals surface area contributed by atoms with Crippen molar-refractivity contribution in [3.63, 3.8) is 0 Å². The molecule has 0 saturated carbocycles. The van der Waals surface area contributed by atoms with E-state index in [2.05, 4.69) is 11.4 Å². The summed E-state index contributed by atoms with van der Waals surface area (Å²) in [6, 6.07) is 4.14. The molecule has 60 valence electrons. The molecule has 3 N–H and O–H groups in total. The van der Waals surface area contributed by atoms with Gasteiger partial charge in [-0.15, -0.1) is 11.3 Å². The Balaban J connectivity index is 2.19. The molecule has 2 nitrogen and oxygen atoms in total. The molecule has 1 aromatic rings. The van der Waals surface area contributed by atoms with Crippen molar-refractivity contribution in [2.24, 2.45) is 5.73 Å². The number of hydrogen-bond donors (Lipinski definition) is 2. The van der Waals surface area contributed by atoms with Gasteiger partial charge in [0.05, 0.1) is 0 Å². The van der Waals surface area contributed by atoms with Crippen molar-refractivity contribution < 1.29 is 0 Å². The molecule has 0 spiro atoms. The first kappa shape index (κ1) is 8.62. The number of hydrogen-bond acceptors (Lipinski definition) is 3. The summed E-state index contributed by atoms with van der Waals surface area (Å²) >= 11 is 3.15. The maximum Gasteiger partial charge on any atom is 0.151 e. The molecule has 0 aromatic carbocycles. The van der Waals surface area contributed by atoms with E-state index in [1.54, 1.807) is 11.3 Å². The topological polar surface area (TPSA) is 49.9 Å². The average Bonchev–Trinajstić information content (AvgIpc) is 2.39. The quantitative estimate of drug-likeness (QED) is 0.559. The summed E-state index contributed by atoms with van der Waals surface area (Å²) in [7, 11) is 0. The summed E-state index contributed by atoms with van der Waals surface area (Å²) in [4.78, 5) is 1.36. The van der Waals surface area contributed by atoms with Gasteiger partial charge in [-0.05, 0) is 17.9 Å². The van der Waals surface area contributed by atoms with Gasteiger partial charge in [0.2, 0.25) is 0 Å². The summed E-state index contributed by atoms with van der Waals surface area (Å²) in [6.45, 7) is 0. The van der Waals surface area contributed by atoms with E-state index in [4.69, 9.17) is 11.1 Å². The second-order valence-corrected chi connectivity index (χ2v) is 4.21. The summed E-state index contributed by atoms with van der Waals surface area (Å²) in [6.07, 6.45) is 1.02. The highest BCUT2D eigenvalue weighted by Crippen LogP contribution is 2.11. The van der Waals surface area contributed by atoms with Crippen molar-refractivity contribution in [3.05, 3.63) is 22.4 Å². The predicted molar refractivity (Wildman–Crippen MR) is 52.4 cm³/mol. The molecule has 0 aliphatic carbocycles. The number of nitrogens with two attached hydrogens (primary N) is 1.